The number of halogens is 1. The molecule has 0 aliphatic heterocycles. The number of hydrogen-bond donors (Lipinski definition) is 1. The highest BCUT2D eigenvalue weighted by Gasteiger charge is 2.17. The van der Waals surface area contributed by atoms with Gasteiger partial charge in [-0.2, -0.15) is 0 Å². The van der Waals surface area contributed by atoms with Gasteiger partial charge in [-0.1, -0.05) is 12.1 Å². The number of carbonyl (C=O) groups excluding carboxylic acids is 1. The third-order valence-electron chi connectivity index (χ3n) is 5.92. The summed E-state index contributed by atoms with van der Waals surface area (Å²) >= 11 is 0. The molecule has 10 heteroatoms. The molecule has 4 heterocycles. The van der Waals surface area contributed by atoms with E-state index in [1.807, 2.05) is 47.4 Å². The van der Waals surface area contributed by atoms with Crippen LogP contribution in [0.5, 0.6) is 0 Å². The fourth-order valence-electron chi connectivity index (χ4n) is 4.03. The number of carbonyl (C=O) groups is 1. The number of benzene rings is 1. The Bertz CT molecular complexity index is 1530. The minimum Gasteiger partial charge on any atom is -0.375 e. The van der Waals surface area contributed by atoms with Crippen molar-refractivity contribution in [3.05, 3.63) is 90.4 Å². The molecular formula is C27H26FN7O2. The molecule has 4 aromatic heterocycles. The molecule has 0 saturated carbocycles. The second-order valence-electron chi connectivity index (χ2n) is 8.83. The van der Waals surface area contributed by atoms with Crippen LogP contribution in [0.25, 0.3) is 22.4 Å². The van der Waals surface area contributed by atoms with Crippen LogP contribution in [0.1, 0.15) is 35.8 Å². The van der Waals surface area contributed by atoms with Crippen molar-refractivity contribution < 1.29 is 13.9 Å². The van der Waals surface area contributed by atoms with Gasteiger partial charge >= 0.3 is 0 Å². The summed E-state index contributed by atoms with van der Waals surface area (Å²) in [5.41, 5.74) is 2.22. The van der Waals surface area contributed by atoms with Gasteiger partial charge in [0.1, 0.15) is 23.7 Å². The van der Waals surface area contributed by atoms with Gasteiger partial charge in [-0.25, -0.2) is 9.37 Å². The van der Waals surface area contributed by atoms with Gasteiger partial charge in [0.05, 0.1) is 18.8 Å². The Kier molecular flexibility index (Phi) is 7.00. The molecule has 0 radical (unpaired) electrons. The minimum absolute atomic E-state index is 0.0683. The lowest BCUT2D eigenvalue weighted by Crippen LogP contribution is -2.15. The standard InChI is InChI=1S/C27H26FN7O2/c1-18(2)35-17-30-33-26(35)23-6-3-7-25(31-23)32-27(36)21-14-24-20(13-22(21)28)8-10-34(24)11-12-37-16-19-5-4-9-29-15-19/h3-10,13-15,17-18H,11-12,16H2,1-2H3,(H,31,32,36). The molecule has 0 bridgehead atoms. The molecule has 188 valence electrons. The summed E-state index contributed by atoms with van der Waals surface area (Å²) in [7, 11) is 0. The first-order valence-corrected chi connectivity index (χ1v) is 11.9. The van der Waals surface area contributed by atoms with Gasteiger partial charge in [0, 0.05) is 42.1 Å². The zero-order chi connectivity index (χ0) is 25.8. The Balaban J connectivity index is 1.31. The number of hydrogen-bond acceptors (Lipinski definition) is 6. The van der Waals surface area contributed by atoms with E-state index >= 15 is 0 Å². The summed E-state index contributed by atoms with van der Waals surface area (Å²) < 4.78 is 24.5. The SMILES string of the molecule is CC(C)n1cnnc1-c1cccc(NC(=O)c2cc3c(ccn3CCOCc3cccnc3)cc2F)n1. The smallest absolute Gasteiger partial charge is 0.259 e. The molecule has 0 fully saturated rings. The van der Waals surface area contributed by atoms with Crippen LogP contribution in [-0.4, -0.2) is 41.8 Å². The zero-order valence-corrected chi connectivity index (χ0v) is 20.5. The van der Waals surface area contributed by atoms with Crippen LogP contribution in [0.4, 0.5) is 10.2 Å². The lowest BCUT2D eigenvalue weighted by molar-refractivity contribution is 0.102. The Labute approximate surface area is 213 Å². The van der Waals surface area contributed by atoms with Crippen molar-refractivity contribution in [2.75, 3.05) is 11.9 Å². The Morgan fingerprint density at radius 3 is 2.86 bits per heavy atom. The average Bonchev–Trinajstić information content (AvgIpc) is 3.54. The molecule has 9 nitrogen and oxygen atoms in total. The van der Waals surface area contributed by atoms with E-state index in [1.165, 1.54) is 6.07 Å². The molecule has 1 N–H and O–H groups in total. The van der Waals surface area contributed by atoms with E-state index in [0.717, 1.165) is 11.1 Å². The van der Waals surface area contributed by atoms with Gasteiger partial charge in [0.25, 0.3) is 5.91 Å². The summed E-state index contributed by atoms with van der Waals surface area (Å²) in [5.74, 6) is -0.317. The zero-order valence-electron chi connectivity index (χ0n) is 20.5. The van der Waals surface area contributed by atoms with Gasteiger partial charge in [-0.15, -0.1) is 10.2 Å². The van der Waals surface area contributed by atoms with Crippen LogP contribution in [0.15, 0.2) is 73.4 Å². The highest BCUT2D eigenvalue weighted by Crippen LogP contribution is 2.23. The van der Waals surface area contributed by atoms with Crippen molar-refractivity contribution in [3.63, 3.8) is 0 Å². The third kappa shape index (κ3) is 5.39. The quantitative estimate of drug-likeness (QED) is 0.290. The van der Waals surface area contributed by atoms with E-state index in [-0.39, 0.29) is 11.6 Å². The first-order chi connectivity index (χ1) is 18.0. The maximum absolute atomic E-state index is 14.9. The first kappa shape index (κ1) is 24.3. The Hall–Kier alpha value is -4.44. The molecule has 5 rings (SSSR count). The Morgan fingerprint density at radius 1 is 1.16 bits per heavy atom. The summed E-state index contributed by atoms with van der Waals surface area (Å²) in [6.07, 6.45) is 6.97. The predicted octanol–water partition coefficient (Wildman–Crippen LogP) is 4.88. The molecule has 0 saturated heterocycles. The maximum Gasteiger partial charge on any atom is 0.259 e. The van der Waals surface area contributed by atoms with Gasteiger partial charge in [-0.3, -0.25) is 9.78 Å². The molecule has 5 aromatic rings. The van der Waals surface area contributed by atoms with E-state index in [2.05, 4.69) is 25.5 Å². The maximum atomic E-state index is 14.9. The van der Waals surface area contributed by atoms with Crippen LogP contribution < -0.4 is 5.32 Å². The van der Waals surface area contributed by atoms with Gasteiger partial charge in [0.15, 0.2) is 5.82 Å². The second kappa shape index (κ2) is 10.7. The topological polar surface area (TPSA) is 99.8 Å². The molecule has 0 atom stereocenters. The van der Waals surface area contributed by atoms with Crippen molar-refractivity contribution in [2.45, 2.75) is 33.0 Å². The van der Waals surface area contributed by atoms with Crippen molar-refractivity contribution in [1.82, 2.24) is 29.3 Å². The largest absolute Gasteiger partial charge is 0.375 e. The number of anilines is 1. The summed E-state index contributed by atoms with van der Waals surface area (Å²) in [6.45, 7) is 5.49. The molecule has 37 heavy (non-hydrogen) atoms. The molecule has 0 unspecified atom stereocenters. The lowest BCUT2D eigenvalue weighted by atomic mass is 10.1. The highest BCUT2D eigenvalue weighted by atomic mass is 19.1. The number of rotatable bonds is 9. The number of amides is 1. The van der Waals surface area contributed by atoms with Crippen molar-refractivity contribution in [1.29, 1.82) is 0 Å². The number of ether oxygens (including phenoxy) is 1. The summed E-state index contributed by atoms with van der Waals surface area (Å²) in [6, 6.07) is 13.9. The number of aromatic nitrogens is 6. The fraction of sp³-hybridized carbons (Fsp3) is 0.222. The number of pyridine rings is 2. The third-order valence-corrected chi connectivity index (χ3v) is 5.92. The van der Waals surface area contributed by atoms with Crippen LogP contribution in [0.2, 0.25) is 0 Å². The van der Waals surface area contributed by atoms with Crippen molar-refractivity contribution >= 4 is 22.6 Å². The minimum atomic E-state index is -0.605. The molecular weight excluding hydrogens is 473 g/mol. The molecule has 0 aliphatic rings. The summed E-state index contributed by atoms with van der Waals surface area (Å²) in [4.78, 5) is 21.6. The van der Waals surface area contributed by atoms with Gasteiger partial charge < -0.3 is 19.2 Å². The number of nitrogens with one attached hydrogen (secondary N) is 1. The van der Waals surface area contributed by atoms with E-state index in [1.54, 1.807) is 43.0 Å². The monoisotopic (exact) mass is 499 g/mol. The van der Waals surface area contributed by atoms with E-state index in [9.17, 15) is 9.18 Å². The van der Waals surface area contributed by atoms with Crippen LogP contribution in [-0.2, 0) is 17.9 Å². The number of nitrogens with zero attached hydrogens (tertiary/aromatic N) is 6. The van der Waals surface area contributed by atoms with E-state index in [4.69, 9.17) is 4.74 Å². The average molecular weight is 500 g/mol. The lowest BCUT2D eigenvalue weighted by Gasteiger charge is -2.11. The van der Waals surface area contributed by atoms with Crippen LogP contribution in [0, 0.1) is 5.82 Å². The van der Waals surface area contributed by atoms with E-state index < -0.39 is 11.7 Å². The van der Waals surface area contributed by atoms with Crippen molar-refractivity contribution in [3.8, 4) is 11.5 Å². The predicted molar refractivity (Wildman–Crippen MR) is 137 cm³/mol. The fourth-order valence-corrected chi connectivity index (χ4v) is 4.03. The van der Waals surface area contributed by atoms with Crippen LogP contribution in [0.3, 0.4) is 0 Å². The van der Waals surface area contributed by atoms with Crippen molar-refractivity contribution in [2.24, 2.45) is 0 Å². The second-order valence-corrected chi connectivity index (χ2v) is 8.83. The highest BCUT2D eigenvalue weighted by molar-refractivity contribution is 6.06. The van der Waals surface area contributed by atoms with Gasteiger partial charge in [-0.05, 0) is 55.8 Å². The summed E-state index contributed by atoms with van der Waals surface area (Å²) in [5, 5.41) is 11.5. The van der Waals surface area contributed by atoms with Gasteiger partial charge in [0.2, 0.25) is 0 Å². The molecule has 0 aliphatic carbocycles. The molecule has 0 spiro atoms. The normalized spacial score (nSPS) is 11.4. The Morgan fingerprint density at radius 2 is 2.05 bits per heavy atom. The molecule has 1 aromatic carbocycles. The first-order valence-electron chi connectivity index (χ1n) is 11.9. The van der Waals surface area contributed by atoms with Crippen LogP contribution >= 0.6 is 0 Å². The molecule has 1 amide bonds. The van der Waals surface area contributed by atoms with E-state index in [0.29, 0.717) is 42.5 Å². The number of fused-ring (bicyclic) bond motifs is 1.